The van der Waals surface area contributed by atoms with Crippen molar-refractivity contribution >= 4 is 39.0 Å². The summed E-state index contributed by atoms with van der Waals surface area (Å²) in [7, 11) is 0. The number of aromatic carboxylic acids is 1. The topological polar surface area (TPSA) is 75.1 Å². The zero-order valence-electron chi connectivity index (χ0n) is 10.6. The van der Waals surface area contributed by atoms with Gasteiger partial charge < -0.3 is 10.4 Å². The highest BCUT2D eigenvalue weighted by Gasteiger charge is 2.10. The maximum Gasteiger partial charge on any atom is 0.339 e. The second-order valence-electron chi connectivity index (χ2n) is 4.30. The number of aryl methyl sites for hydroxylation is 1. The number of fused-ring (bicyclic) bond motifs is 1. The minimum atomic E-state index is -1.02. The lowest BCUT2D eigenvalue weighted by molar-refractivity contribution is 0.0695. The number of nitrogens with zero attached hydrogens (tertiary/aromatic N) is 2. The largest absolute Gasteiger partial charge is 0.478 e. The summed E-state index contributed by atoms with van der Waals surface area (Å²) in [6, 6.07) is 8.03. The van der Waals surface area contributed by atoms with E-state index in [1.54, 1.807) is 18.3 Å². The van der Waals surface area contributed by atoms with Crippen LogP contribution in [0.3, 0.4) is 0 Å². The molecule has 0 unspecified atom stereocenters. The van der Waals surface area contributed by atoms with Gasteiger partial charge in [0, 0.05) is 16.6 Å². The fourth-order valence-corrected chi connectivity index (χ4v) is 2.68. The van der Waals surface area contributed by atoms with E-state index in [-0.39, 0.29) is 5.56 Å². The van der Waals surface area contributed by atoms with E-state index in [9.17, 15) is 4.79 Å². The lowest BCUT2D eigenvalue weighted by Crippen LogP contribution is -2.06. The number of hydrogen-bond acceptors (Lipinski definition) is 5. The third-order valence-corrected chi connectivity index (χ3v) is 3.82. The van der Waals surface area contributed by atoms with Gasteiger partial charge in [0.25, 0.3) is 0 Å². The maximum absolute atomic E-state index is 10.9. The van der Waals surface area contributed by atoms with Gasteiger partial charge in [-0.1, -0.05) is 0 Å². The molecule has 2 N–H and O–H groups in total. The average Bonchev–Trinajstić information content (AvgIpc) is 2.85. The molecule has 0 amide bonds. The van der Waals surface area contributed by atoms with Crippen molar-refractivity contribution in [2.45, 2.75) is 6.92 Å². The first-order valence-corrected chi connectivity index (χ1v) is 6.82. The predicted octanol–water partition coefficient (Wildman–Crippen LogP) is 3.44. The van der Waals surface area contributed by atoms with Gasteiger partial charge in [0.2, 0.25) is 5.95 Å². The van der Waals surface area contributed by atoms with Crippen molar-refractivity contribution in [3.05, 3.63) is 47.1 Å². The maximum atomic E-state index is 10.9. The molecule has 2 heterocycles. The highest BCUT2D eigenvalue weighted by molar-refractivity contribution is 7.17. The Hall–Kier alpha value is -2.47. The number of hydrogen-bond donors (Lipinski definition) is 2. The number of carboxylic acid groups (broad SMARTS) is 1. The fraction of sp³-hybridized carbons (Fsp3) is 0.0714. The quantitative estimate of drug-likeness (QED) is 0.771. The van der Waals surface area contributed by atoms with Crippen molar-refractivity contribution in [1.82, 2.24) is 9.97 Å². The van der Waals surface area contributed by atoms with E-state index in [4.69, 9.17) is 5.11 Å². The predicted molar refractivity (Wildman–Crippen MR) is 78.8 cm³/mol. The highest BCUT2D eigenvalue weighted by Crippen LogP contribution is 2.25. The molecule has 0 saturated heterocycles. The summed E-state index contributed by atoms with van der Waals surface area (Å²) in [5, 5.41) is 15.2. The summed E-state index contributed by atoms with van der Waals surface area (Å²) < 4.78 is 1.22. The molecular formula is C14H11N3O2S. The van der Waals surface area contributed by atoms with Gasteiger partial charge in [-0.2, -0.15) is 0 Å². The van der Waals surface area contributed by atoms with E-state index in [1.165, 1.54) is 10.9 Å². The normalized spacial score (nSPS) is 10.7. The van der Waals surface area contributed by atoms with E-state index in [0.717, 1.165) is 11.1 Å². The van der Waals surface area contributed by atoms with E-state index >= 15 is 0 Å². The van der Waals surface area contributed by atoms with Gasteiger partial charge in [-0.05, 0) is 42.0 Å². The molecule has 1 aromatic carbocycles. The SMILES string of the molecule is Cc1nc(Nc2ccc3sccc3c2)ncc1C(=O)O. The molecule has 3 aromatic rings. The van der Waals surface area contributed by atoms with E-state index in [0.29, 0.717) is 11.6 Å². The Labute approximate surface area is 118 Å². The minimum Gasteiger partial charge on any atom is -0.478 e. The Morgan fingerprint density at radius 1 is 1.35 bits per heavy atom. The molecule has 0 bridgehead atoms. The van der Waals surface area contributed by atoms with Crippen LogP contribution in [0.5, 0.6) is 0 Å². The van der Waals surface area contributed by atoms with Gasteiger partial charge >= 0.3 is 5.97 Å². The Morgan fingerprint density at radius 3 is 2.95 bits per heavy atom. The Morgan fingerprint density at radius 2 is 2.20 bits per heavy atom. The third kappa shape index (κ3) is 2.33. The second kappa shape index (κ2) is 4.90. The number of carbonyl (C=O) groups is 1. The summed E-state index contributed by atoms with van der Waals surface area (Å²) in [4.78, 5) is 19.1. The lowest BCUT2D eigenvalue weighted by Gasteiger charge is -2.06. The number of anilines is 2. The third-order valence-electron chi connectivity index (χ3n) is 2.92. The van der Waals surface area contributed by atoms with Gasteiger partial charge in [-0.25, -0.2) is 14.8 Å². The van der Waals surface area contributed by atoms with Crippen LogP contribution < -0.4 is 5.32 Å². The number of nitrogens with one attached hydrogen (secondary N) is 1. The Kier molecular flexibility index (Phi) is 3.08. The number of benzene rings is 1. The van der Waals surface area contributed by atoms with E-state index < -0.39 is 5.97 Å². The first-order chi connectivity index (χ1) is 9.63. The molecule has 2 aromatic heterocycles. The van der Waals surface area contributed by atoms with Gasteiger partial charge in [0.15, 0.2) is 0 Å². The molecule has 0 atom stereocenters. The molecule has 0 aliphatic carbocycles. The first kappa shape index (κ1) is 12.6. The number of aromatic nitrogens is 2. The van der Waals surface area contributed by atoms with Crippen molar-refractivity contribution in [2.75, 3.05) is 5.32 Å². The summed E-state index contributed by atoms with van der Waals surface area (Å²) in [6.45, 7) is 1.65. The zero-order chi connectivity index (χ0) is 14.1. The van der Waals surface area contributed by atoms with Crippen molar-refractivity contribution in [1.29, 1.82) is 0 Å². The molecule has 0 aliphatic rings. The Bertz CT molecular complexity index is 798. The summed E-state index contributed by atoms with van der Waals surface area (Å²) in [6.07, 6.45) is 1.32. The van der Waals surface area contributed by atoms with Crippen LogP contribution in [0.4, 0.5) is 11.6 Å². The molecule has 20 heavy (non-hydrogen) atoms. The highest BCUT2D eigenvalue weighted by atomic mass is 32.1. The average molecular weight is 285 g/mol. The number of carboxylic acids is 1. The standard InChI is InChI=1S/C14H11N3O2S/c1-8-11(13(18)19)7-15-14(16-8)17-10-2-3-12-9(6-10)4-5-20-12/h2-7H,1H3,(H,18,19)(H,15,16,17). The molecule has 5 nitrogen and oxygen atoms in total. The van der Waals surface area contributed by atoms with Crippen LogP contribution in [0.25, 0.3) is 10.1 Å². The van der Waals surface area contributed by atoms with Crippen molar-refractivity contribution in [3.8, 4) is 0 Å². The van der Waals surface area contributed by atoms with Crippen molar-refractivity contribution in [2.24, 2.45) is 0 Å². The van der Waals surface area contributed by atoms with Crippen LogP contribution in [0.1, 0.15) is 16.1 Å². The van der Waals surface area contributed by atoms with Crippen LogP contribution in [0, 0.1) is 6.92 Å². The molecule has 100 valence electrons. The van der Waals surface area contributed by atoms with Crippen molar-refractivity contribution < 1.29 is 9.90 Å². The lowest BCUT2D eigenvalue weighted by atomic mass is 10.2. The van der Waals surface area contributed by atoms with Crippen molar-refractivity contribution in [3.63, 3.8) is 0 Å². The van der Waals surface area contributed by atoms with Crippen LogP contribution in [-0.4, -0.2) is 21.0 Å². The van der Waals surface area contributed by atoms with Gasteiger partial charge in [0.05, 0.1) is 11.3 Å². The summed E-state index contributed by atoms with van der Waals surface area (Å²) in [5.74, 6) is -0.629. The summed E-state index contributed by atoms with van der Waals surface area (Å²) >= 11 is 1.69. The minimum absolute atomic E-state index is 0.115. The smallest absolute Gasteiger partial charge is 0.339 e. The van der Waals surface area contributed by atoms with Crippen LogP contribution >= 0.6 is 11.3 Å². The molecule has 0 spiro atoms. The molecule has 0 radical (unpaired) electrons. The van der Waals surface area contributed by atoms with Gasteiger partial charge in [-0.3, -0.25) is 0 Å². The molecule has 6 heteroatoms. The molecule has 3 rings (SSSR count). The molecule has 0 saturated carbocycles. The van der Waals surface area contributed by atoms with E-state index in [2.05, 4.69) is 15.3 Å². The zero-order valence-corrected chi connectivity index (χ0v) is 11.4. The number of thiophene rings is 1. The molecule has 0 aliphatic heterocycles. The summed E-state index contributed by atoms with van der Waals surface area (Å²) in [5.41, 5.74) is 1.42. The van der Waals surface area contributed by atoms with Crippen LogP contribution in [0.15, 0.2) is 35.8 Å². The molecular weight excluding hydrogens is 274 g/mol. The second-order valence-corrected chi connectivity index (χ2v) is 5.24. The van der Waals surface area contributed by atoms with Gasteiger partial charge in [0.1, 0.15) is 0 Å². The van der Waals surface area contributed by atoms with E-state index in [1.807, 2.05) is 29.6 Å². The fourth-order valence-electron chi connectivity index (χ4n) is 1.91. The Balaban J connectivity index is 1.90. The first-order valence-electron chi connectivity index (χ1n) is 5.95. The monoisotopic (exact) mass is 285 g/mol. The van der Waals surface area contributed by atoms with Crippen LogP contribution in [0.2, 0.25) is 0 Å². The molecule has 0 fully saturated rings. The van der Waals surface area contributed by atoms with Gasteiger partial charge in [-0.15, -0.1) is 11.3 Å². The number of rotatable bonds is 3. The van der Waals surface area contributed by atoms with Crippen LogP contribution in [-0.2, 0) is 0 Å².